The molecule has 1 atom stereocenters. The maximum atomic E-state index is 9.24. The maximum Gasteiger partial charge on any atom is 0.0552 e. The summed E-state index contributed by atoms with van der Waals surface area (Å²) in [5, 5.41) is 12.6. The van der Waals surface area contributed by atoms with E-state index in [9.17, 15) is 5.11 Å². The van der Waals surface area contributed by atoms with Crippen molar-refractivity contribution in [3.63, 3.8) is 0 Å². The second kappa shape index (κ2) is 3.38. The SMILES string of the molecule is CC(O)Cc1ccc2c(c1)CCN2. The maximum absolute atomic E-state index is 9.24. The van der Waals surface area contributed by atoms with E-state index in [1.807, 2.05) is 6.92 Å². The van der Waals surface area contributed by atoms with Crippen molar-refractivity contribution in [2.24, 2.45) is 0 Å². The van der Waals surface area contributed by atoms with Gasteiger partial charge in [0.25, 0.3) is 0 Å². The van der Waals surface area contributed by atoms with E-state index < -0.39 is 0 Å². The summed E-state index contributed by atoms with van der Waals surface area (Å²) in [6.07, 6.45) is 1.63. The minimum Gasteiger partial charge on any atom is -0.393 e. The van der Waals surface area contributed by atoms with Crippen LogP contribution in [0.2, 0.25) is 0 Å². The van der Waals surface area contributed by atoms with E-state index in [4.69, 9.17) is 0 Å². The summed E-state index contributed by atoms with van der Waals surface area (Å²) in [5.74, 6) is 0. The van der Waals surface area contributed by atoms with Crippen LogP contribution in [0.15, 0.2) is 18.2 Å². The average Bonchev–Trinajstić information content (AvgIpc) is 2.49. The number of rotatable bonds is 2. The van der Waals surface area contributed by atoms with Crippen molar-refractivity contribution in [2.75, 3.05) is 11.9 Å². The van der Waals surface area contributed by atoms with E-state index in [0.29, 0.717) is 0 Å². The molecule has 0 saturated heterocycles. The molecule has 13 heavy (non-hydrogen) atoms. The van der Waals surface area contributed by atoms with Crippen molar-refractivity contribution in [1.29, 1.82) is 0 Å². The molecule has 1 aromatic rings. The Labute approximate surface area is 78.6 Å². The average molecular weight is 177 g/mol. The zero-order valence-corrected chi connectivity index (χ0v) is 7.88. The number of anilines is 1. The van der Waals surface area contributed by atoms with Gasteiger partial charge in [0.2, 0.25) is 0 Å². The molecule has 70 valence electrons. The first-order valence-corrected chi connectivity index (χ1v) is 4.79. The number of aliphatic hydroxyl groups excluding tert-OH is 1. The van der Waals surface area contributed by atoms with Gasteiger partial charge in [-0.25, -0.2) is 0 Å². The topological polar surface area (TPSA) is 32.3 Å². The molecular formula is C11H15NO. The molecule has 0 radical (unpaired) electrons. The summed E-state index contributed by atoms with van der Waals surface area (Å²) in [6.45, 7) is 2.87. The molecule has 2 N–H and O–H groups in total. The number of benzene rings is 1. The van der Waals surface area contributed by atoms with Crippen LogP contribution in [0.5, 0.6) is 0 Å². The van der Waals surface area contributed by atoms with Crippen LogP contribution < -0.4 is 5.32 Å². The van der Waals surface area contributed by atoms with Crippen LogP contribution in [0.25, 0.3) is 0 Å². The van der Waals surface area contributed by atoms with Gasteiger partial charge in [-0.15, -0.1) is 0 Å². The molecule has 0 fully saturated rings. The first-order chi connectivity index (χ1) is 6.25. The van der Waals surface area contributed by atoms with E-state index >= 15 is 0 Å². The summed E-state index contributed by atoms with van der Waals surface area (Å²) in [7, 11) is 0. The zero-order valence-electron chi connectivity index (χ0n) is 7.88. The molecule has 0 amide bonds. The minimum atomic E-state index is -0.243. The number of nitrogens with one attached hydrogen (secondary N) is 1. The van der Waals surface area contributed by atoms with Gasteiger partial charge in [-0.2, -0.15) is 0 Å². The lowest BCUT2D eigenvalue weighted by atomic mass is 10.0. The van der Waals surface area contributed by atoms with Crippen molar-refractivity contribution in [3.05, 3.63) is 29.3 Å². The third kappa shape index (κ3) is 1.83. The predicted molar refractivity (Wildman–Crippen MR) is 54.0 cm³/mol. The molecule has 0 aliphatic carbocycles. The summed E-state index contributed by atoms with van der Waals surface area (Å²) < 4.78 is 0. The van der Waals surface area contributed by atoms with Crippen LogP contribution in [0.1, 0.15) is 18.1 Å². The molecule has 0 saturated carbocycles. The highest BCUT2D eigenvalue weighted by Gasteiger charge is 2.10. The molecular weight excluding hydrogens is 162 g/mol. The Morgan fingerprint density at radius 2 is 2.38 bits per heavy atom. The lowest BCUT2D eigenvalue weighted by Gasteiger charge is -2.06. The fraction of sp³-hybridized carbons (Fsp3) is 0.455. The fourth-order valence-corrected chi connectivity index (χ4v) is 1.83. The van der Waals surface area contributed by atoms with Gasteiger partial charge in [-0.05, 0) is 37.0 Å². The van der Waals surface area contributed by atoms with Gasteiger partial charge in [0.1, 0.15) is 0 Å². The van der Waals surface area contributed by atoms with Gasteiger partial charge in [0.15, 0.2) is 0 Å². The first-order valence-electron chi connectivity index (χ1n) is 4.79. The van der Waals surface area contributed by atoms with Crippen molar-refractivity contribution in [3.8, 4) is 0 Å². The standard InChI is InChI=1S/C11H15NO/c1-8(13)6-9-2-3-11-10(7-9)4-5-12-11/h2-3,7-8,12-13H,4-6H2,1H3. The van der Waals surface area contributed by atoms with Crippen LogP contribution in [-0.4, -0.2) is 17.8 Å². The van der Waals surface area contributed by atoms with E-state index in [0.717, 1.165) is 19.4 Å². The van der Waals surface area contributed by atoms with Crippen LogP contribution in [0.4, 0.5) is 5.69 Å². The normalized spacial score (nSPS) is 16.5. The van der Waals surface area contributed by atoms with Gasteiger partial charge in [0.05, 0.1) is 6.10 Å². The lowest BCUT2D eigenvalue weighted by Crippen LogP contribution is -2.04. The van der Waals surface area contributed by atoms with E-state index in [2.05, 4.69) is 23.5 Å². The van der Waals surface area contributed by atoms with E-state index in [-0.39, 0.29) is 6.10 Å². The number of fused-ring (bicyclic) bond motifs is 1. The summed E-state index contributed by atoms with van der Waals surface area (Å²) in [5.41, 5.74) is 3.88. The van der Waals surface area contributed by atoms with Crippen LogP contribution in [-0.2, 0) is 12.8 Å². The van der Waals surface area contributed by atoms with Crippen molar-refractivity contribution in [1.82, 2.24) is 0 Å². The van der Waals surface area contributed by atoms with Crippen molar-refractivity contribution in [2.45, 2.75) is 25.9 Å². The molecule has 2 nitrogen and oxygen atoms in total. The Bertz CT molecular complexity index is 307. The summed E-state index contributed by atoms with van der Waals surface area (Å²) in [4.78, 5) is 0. The van der Waals surface area contributed by atoms with Gasteiger partial charge < -0.3 is 10.4 Å². The minimum absolute atomic E-state index is 0.243. The van der Waals surface area contributed by atoms with Crippen molar-refractivity contribution >= 4 is 5.69 Å². The largest absolute Gasteiger partial charge is 0.393 e. The van der Waals surface area contributed by atoms with Crippen molar-refractivity contribution < 1.29 is 5.11 Å². The van der Waals surface area contributed by atoms with E-state index in [1.165, 1.54) is 16.8 Å². The fourth-order valence-electron chi connectivity index (χ4n) is 1.83. The second-order valence-electron chi connectivity index (χ2n) is 3.72. The predicted octanol–water partition coefficient (Wildman–Crippen LogP) is 1.58. The first kappa shape index (κ1) is 8.57. The van der Waals surface area contributed by atoms with Crippen LogP contribution >= 0.6 is 0 Å². The Balaban J connectivity index is 2.21. The molecule has 2 heteroatoms. The highest BCUT2D eigenvalue weighted by Crippen LogP contribution is 2.23. The molecule has 1 aliphatic heterocycles. The third-order valence-corrected chi connectivity index (χ3v) is 2.41. The van der Waals surface area contributed by atoms with Crippen LogP contribution in [0, 0.1) is 0 Å². The van der Waals surface area contributed by atoms with Gasteiger partial charge >= 0.3 is 0 Å². The van der Waals surface area contributed by atoms with Gasteiger partial charge in [-0.3, -0.25) is 0 Å². The number of aliphatic hydroxyl groups is 1. The molecule has 0 spiro atoms. The molecule has 2 rings (SSSR count). The Hall–Kier alpha value is -1.02. The quantitative estimate of drug-likeness (QED) is 0.718. The Morgan fingerprint density at radius 3 is 3.15 bits per heavy atom. The molecule has 1 aromatic carbocycles. The summed E-state index contributed by atoms with van der Waals surface area (Å²) in [6, 6.07) is 6.39. The number of hydrogen-bond donors (Lipinski definition) is 2. The molecule has 1 aliphatic rings. The monoisotopic (exact) mass is 177 g/mol. The molecule has 0 bridgehead atoms. The van der Waals surface area contributed by atoms with Gasteiger partial charge in [-0.1, -0.05) is 12.1 Å². The molecule has 0 aromatic heterocycles. The second-order valence-corrected chi connectivity index (χ2v) is 3.72. The molecule has 1 heterocycles. The highest BCUT2D eigenvalue weighted by atomic mass is 16.3. The van der Waals surface area contributed by atoms with Crippen LogP contribution in [0.3, 0.4) is 0 Å². The lowest BCUT2D eigenvalue weighted by molar-refractivity contribution is 0.195. The highest BCUT2D eigenvalue weighted by molar-refractivity contribution is 5.56. The summed E-state index contributed by atoms with van der Waals surface area (Å²) >= 11 is 0. The smallest absolute Gasteiger partial charge is 0.0552 e. The zero-order chi connectivity index (χ0) is 9.26. The van der Waals surface area contributed by atoms with E-state index in [1.54, 1.807) is 0 Å². The Kier molecular flexibility index (Phi) is 2.23. The number of hydrogen-bond acceptors (Lipinski definition) is 2. The third-order valence-electron chi connectivity index (χ3n) is 2.41. The molecule has 1 unspecified atom stereocenters. The van der Waals surface area contributed by atoms with Gasteiger partial charge in [0, 0.05) is 12.2 Å². The Morgan fingerprint density at radius 1 is 1.54 bits per heavy atom.